The van der Waals surface area contributed by atoms with E-state index in [1.54, 1.807) is 0 Å². The van der Waals surface area contributed by atoms with Crippen molar-refractivity contribution in [1.29, 1.82) is 0 Å². The molecule has 1 aromatic rings. The zero-order valence-electron chi connectivity index (χ0n) is 12.9. The van der Waals surface area contributed by atoms with Crippen LogP contribution in [0.3, 0.4) is 0 Å². The summed E-state index contributed by atoms with van der Waals surface area (Å²) in [4.78, 5) is 11.2. The highest BCUT2D eigenvalue weighted by Gasteiger charge is 2.15. The highest BCUT2D eigenvalue weighted by Crippen LogP contribution is 2.13. The molecule has 4 heteroatoms. The first-order chi connectivity index (χ1) is 9.46. The monoisotopic (exact) mass is 329 g/mol. The zero-order valence-corrected chi connectivity index (χ0v) is 14.5. The molecule has 1 rings (SSSR count). The number of nitrogens with zero attached hydrogens (tertiary/aromatic N) is 1. The lowest BCUT2D eigenvalue weighted by atomic mass is 10.1. The average Bonchev–Trinajstić information content (AvgIpc) is 2.43. The minimum atomic E-state index is 0. The van der Waals surface area contributed by atoms with E-state index in [1.165, 1.54) is 11.6 Å². The first-order valence-corrected chi connectivity index (χ1v) is 7.61. The molecular formula is C17H25Cl2NO. The number of hydrogen-bond donors (Lipinski definition) is 0. The van der Waals surface area contributed by atoms with Crippen molar-refractivity contribution in [3.8, 4) is 0 Å². The van der Waals surface area contributed by atoms with Gasteiger partial charge in [0.2, 0.25) is 0 Å². The lowest BCUT2D eigenvalue weighted by Gasteiger charge is -2.30. The maximum Gasteiger partial charge on any atom is 0.155 e. The van der Waals surface area contributed by atoms with E-state index in [0.29, 0.717) is 12.3 Å². The Bertz CT molecular complexity index is 441. The lowest BCUT2D eigenvalue weighted by molar-refractivity contribution is -0.903. The van der Waals surface area contributed by atoms with Crippen LogP contribution in [0.2, 0.25) is 0 Å². The summed E-state index contributed by atoms with van der Waals surface area (Å²) in [6.07, 6.45) is 4.04. The van der Waals surface area contributed by atoms with Crippen LogP contribution in [-0.4, -0.2) is 30.9 Å². The molecule has 0 heterocycles. The number of rotatable bonds is 9. The van der Waals surface area contributed by atoms with Crippen LogP contribution in [0.5, 0.6) is 0 Å². The van der Waals surface area contributed by atoms with Crippen molar-refractivity contribution in [2.24, 2.45) is 0 Å². The van der Waals surface area contributed by atoms with E-state index in [9.17, 15) is 4.79 Å². The third-order valence-corrected chi connectivity index (χ3v) is 3.76. The average molecular weight is 330 g/mol. The molecule has 0 aromatic heterocycles. The van der Waals surface area contributed by atoms with Gasteiger partial charge in [0.15, 0.2) is 5.78 Å². The summed E-state index contributed by atoms with van der Waals surface area (Å²) >= 11 is 5.80. The first-order valence-electron chi connectivity index (χ1n) is 7.08. The molecule has 0 unspecified atom stereocenters. The van der Waals surface area contributed by atoms with E-state index in [2.05, 4.69) is 44.9 Å². The van der Waals surface area contributed by atoms with Gasteiger partial charge in [-0.1, -0.05) is 30.8 Å². The maximum atomic E-state index is 11.2. The molecule has 0 spiro atoms. The summed E-state index contributed by atoms with van der Waals surface area (Å²) in [5.41, 5.74) is 2.48. The molecule has 0 fully saturated rings. The molecule has 0 radical (unpaired) electrons. The normalized spacial score (nSPS) is 10.8. The van der Waals surface area contributed by atoms with Crippen molar-refractivity contribution in [1.82, 2.24) is 0 Å². The van der Waals surface area contributed by atoms with Gasteiger partial charge in [0, 0.05) is 17.9 Å². The van der Waals surface area contributed by atoms with Crippen LogP contribution in [-0.2, 0) is 17.2 Å². The predicted molar refractivity (Wildman–Crippen MR) is 85.7 cm³/mol. The van der Waals surface area contributed by atoms with Crippen molar-refractivity contribution >= 4 is 17.4 Å². The summed E-state index contributed by atoms with van der Waals surface area (Å²) in [6, 6.07) is 8.48. The Balaban J connectivity index is 0.00000400. The molecule has 0 bridgehead atoms. The number of carbonyl (C=O) groups excluding carboxylic acids is 1. The molecule has 0 saturated carbocycles. The van der Waals surface area contributed by atoms with Crippen molar-refractivity contribution in [2.45, 2.75) is 31.7 Å². The number of hydrogen-bond acceptors (Lipinski definition) is 1. The fourth-order valence-electron chi connectivity index (χ4n) is 2.25. The lowest BCUT2D eigenvalue weighted by Crippen LogP contribution is -3.00. The minimum Gasteiger partial charge on any atom is -1.00 e. The quantitative estimate of drug-likeness (QED) is 0.285. The van der Waals surface area contributed by atoms with Gasteiger partial charge in [-0.25, -0.2) is 0 Å². The maximum absolute atomic E-state index is 11.2. The third-order valence-electron chi connectivity index (χ3n) is 3.45. The Labute approximate surface area is 139 Å². The van der Waals surface area contributed by atoms with Gasteiger partial charge >= 0.3 is 0 Å². The Morgan fingerprint density at radius 2 is 1.76 bits per heavy atom. The number of alkyl halides is 1. The van der Waals surface area contributed by atoms with Crippen LogP contribution < -0.4 is 12.4 Å². The van der Waals surface area contributed by atoms with Crippen LogP contribution in [0.15, 0.2) is 36.9 Å². The Morgan fingerprint density at radius 1 is 1.19 bits per heavy atom. The smallest absolute Gasteiger partial charge is 0.155 e. The van der Waals surface area contributed by atoms with Crippen LogP contribution in [0.25, 0.3) is 0 Å². The molecule has 1 aromatic carbocycles. The Hall–Kier alpha value is -0.830. The fourth-order valence-corrected chi connectivity index (χ4v) is 2.43. The highest BCUT2D eigenvalue weighted by atomic mass is 35.5. The molecule has 2 nitrogen and oxygen atoms in total. The zero-order chi connectivity index (χ0) is 15.0. The van der Waals surface area contributed by atoms with Gasteiger partial charge < -0.3 is 16.9 Å². The second-order valence-electron chi connectivity index (χ2n) is 5.90. The number of unbranched alkanes of at least 4 members (excludes halogenated alkanes) is 1. The molecule has 21 heavy (non-hydrogen) atoms. The molecule has 0 amide bonds. The summed E-state index contributed by atoms with van der Waals surface area (Å²) in [7, 11) is 4.45. The van der Waals surface area contributed by atoms with Gasteiger partial charge in [-0.05, 0) is 24.5 Å². The summed E-state index contributed by atoms with van der Waals surface area (Å²) in [6.45, 7) is 5.56. The number of quaternary nitrogens is 1. The number of halogens is 2. The standard InChI is InChI=1S/C17H25ClNO.ClH/c1-4-17(20)7-5-6-12-19(2,3)14-16-10-8-15(13-18)9-11-16;/h4,8-11H,1,5-7,12-14H2,2-3H3;1H/q+1;/p-1. The van der Waals surface area contributed by atoms with Crippen molar-refractivity contribution in [3.63, 3.8) is 0 Å². The van der Waals surface area contributed by atoms with Gasteiger partial charge in [-0.3, -0.25) is 4.79 Å². The van der Waals surface area contributed by atoms with Gasteiger partial charge in [0.25, 0.3) is 0 Å². The molecule has 118 valence electrons. The second-order valence-corrected chi connectivity index (χ2v) is 6.16. The minimum absolute atomic E-state index is 0. The summed E-state index contributed by atoms with van der Waals surface area (Å²) < 4.78 is 0.933. The molecule has 0 atom stereocenters. The van der Waals surface area contributed by atoms with E-state index in [1.807, 2.05) is 0 Å². The number of carbonyl (C=O) groups is 1. The van der Waals surface area contributed by atoms with E-state index in [0.717, 1.165) is 36.0 Å². The SMILES string of the molecule is C=CC(=O)CCCC[N+](C)(C)Cc1ccc(CCl)cc1.[Cl-]. The molecule has 0 aliphatic rings. The Morgan fingerprint density at radius 3 is 2.29 bits per heavy atom. The molecule has 0 saturated heterocycles. The van der Waals surface area contributed by atoms with Gasteiger partial charge in [0.05, 0.1) is 20.6 Å². The van der Waals surface area contributed by atoms with Crippen LogP contribution in [0.4, 0.5) is 0 Å². The van der Waals surface area contributed by atoms with Gasteiger partial charge in [-0.2, -0.15) is 0 Å². The molecular weight excluding hydrogens is 305 g/mol. The van der Waals surface area contributed by atoms with E-state index < -0.39 is 0 Å². The summed E-state index contributed by atoms with van der Waals surface area (Å²) in [5.74, 6) is 0.711. The number of ketones is 1. The van der Waals surface area contributed by atoms with E-state index >= 15 is 0 Å². The van der Waals surface area contributed by atoms with Gasteiger partial charge in [-0.15, -0.1) is 11.6 Å². The number of benzene rings is 1. The molecule has 0 aliphatic carbocycles. The predicted octanol–water partition coefficient (Wildman–Crippen LogP) is 0.931. The second kappa shape index (κ2) is 9.99. The molecule has 0 aliphatic heterocycles. The fraction of sp³-hybridized carbons (Fsp3) is 0.471. The number of allylic oxidation sites excluding steroid dienone is 1. The van der Waals surface area contributed by atoms with Crippen LogP contribution in [0, 0.1) is 0 Å². The van der Waals surface area contributed by atoms with Gasteiger partial charge in [0.1, 0.15) is 6.54 Å². The highest BCUT2D eigenvalue weighted by molar-refractivity contribution is 6.17. The topological polar surface area (TPSA) is 17.1 Å². The van der Waals surface area contributed by atoms with Crippen LogP contribution in [0.1, 0.15) is 30.4 Å². The van der Waals surface area contributed by atoms with E-state index in [-0.39, 0.29) is 18.2 Å². The van der Waals surface area contributed by atoms with Crippen molar-refractivity contribution < 1.29 is 21.7 Å². The summed E-state index contributed by atoms with van der Waals surface area (Å²) in [5, 5.41) is 0. The van der Waals surface area contributed by atoms with Crippen molar-refractivity contribution in [2.75, 3.05) is 20.6 Å². The largest absolute Gasteiger partial charge is 1.00 e. The first kappa shape index (κ1) is 20.2. The van der Waals surface area contributed by atoms with E-state index in [4.69, 9.17) is 11.6 Å². The van der Waals surface area contributed by atoms with Crippen LogP contribution >= 0.6 is 11.6 Å². The third kappa shape index (κ3) is 8.25. The molecule has 0 N–H and O–H groups in total. The van der Waals surface area contributed by atoms with Crippen molar-refractivity contribution in [3.05, 3.63) is 48.0 Å². The Kier molecular flexibility index (Phi) is 9.60.